The van der Waals surface area contributed by atoms with Crippen LogP contribution in [0, 0.1) is 6.92 Å². The normalized spacial score (nSPS) is 10.9. The molecule has 0 saturated heterocycles. The fraction of sp³-hybridized carbons (Fsp3) is 0.235. The van der Waals surface area contributed by atoms with E-state index in [9.17, 15) is 0 Å². The van der Waals surface area contributed by atoms with E-state index < -0.39 is 0 Å². The van der Waals surface area contributed by atoms with Crippen LogP contribution >= 0.6 is 11.3 Å². The number of hydrogen-bond acceptors (Lipinski definition) is 4. The van der Waals surface area contributed by atoms with Crippen molar-refractivity contribution in [3.05, 3.63) is 58.4 Å². The lowest BCUT2D eigenvalue weighted by Crippen LogP contribution is -2.20. The summed E-state index contributed by atoms with van der Waals surface area (Å²) in [5.74, 6) is 0.898. The summed E-state index contributed by atoms with van der Waals surface area (Å²) < 4.78 is 5.87. The molecule has 0 radical (unpaired) electrons. The van der Waals surface area contributed by atoms with Crippen molar-refractivity contribution in [1.29, 1.82) is 0 Å². The van der Waals surface area contributed by atoms with Crippen LogP contribution in [0.3, 0.4) is 0 Å². The van der Waals surface area contributed by atoms with E-state index in [2.05, 4.69) is 28.7 Å². The van der Waals surface area contributed by atoms with Crippen molar-refractivity contribution in [2.24, 2.45) is 0 Å². The van der Waals surface area contributed by atoms with Gasteiger partial charge in [0.15, 0.2) is 0 Å². The molecule has 4 heteroatoms. The van der Waals surface area contributed by atoms with E-state index in [-0.39, 0.29) is 0 Å². The van der Waals surface area contributed by atoms with Gasteiger partial charge in [-0.3, -0.25) is 4.98 Å². The first kappa shape index (κ1) is 14.0. The number of aryl methyl sites for hydroxylation is 1. The fourth-order valence-corrected chi connectivity index (χ4v) is 3.10. The van der Waals surface area contributed by atoms with Crippen LogP contribution < -0.4 is 10.1 Å². The molecule has 0 aliphatic carbocycles. The molecule has 2 aromatic heterocycles. The Morgan fingerprint density at radius 3 is 3.00 bits per heavy atom. The van der Waals surface area contributed by atoms with Crippen LogP contribution in [0.2, 0.25) is 0 Å². The van der Waals surface area contributed by atoms with E-state index in [1.807, 2.05) is 30.3 Å². The van der Waals surface area contributed by atoms with E-state index in [1.165, 1.54) is 10.4 Å². The number of pyridine rings is 1. The maximum atomic E-state index is 5.87. The van der Waals surface area contributed by atoms with E-state index in [4.69, 9.17) is 4.74 Å². The highest BCUT2D eigenvalue weighted by molar-refractivity contribution is 7.10. The molecule has 0 bridgehead atoms. The third kappa shape index (κ3) is 3.40. The minimum absolute atomic E-state index is 0.651. The zero-order valence-corrected chi connectivity index (χ0v) is 12.8. The number of rotatable bonds is 6. The second-order valence-corrected chi connectivity index (χ2v) is 5.88. The molecule has 1 aromatic carbocycles. The number of nitrogens with one attached hydrogen (secondary N) is 1. The minimum atomic E-state index is 0.651. The standard InChI is InChI=1S/C17H18N2OS/c1-13-7-11-21-17(13)12-18-9-10-20-16-6-2-5-15-14(16)4-3-8-19-15/h2-8,11,18H,9-10,12H2,1H3. The summed E-state index contributed by atoms with van der Waals surface area (Å²) in [5.41, 5.74) is 2.32. The molecule has 3 rings (SSSR count). The van der Waals surface area contributed by atoms with Gasteiger partial charge >= 0.3 is 0 Å². The molecular weight excluding hydrogens is 280 g/mol. The summed E-state index contributed by atoms with van der Waals surface area (Å²) in [5, 5.41) is 6.61. The van der Waals surface area contributed by atoms with Gasteiger partial charge in [-0.1, -0.05) is 6.07 Å². The first-order valence-electron chi connectivity index (χ1n) is 7.05. The zero-order valence-electron chi connectivity index (χ0n) is 12.0. The average Bonchev–Trinajstić information content (AvgIpc) is 2.92. The Kier molecular flexibility index (Phi) is 4.48. The Morgan fingerprint density at radius 2 is 2.14 bits per heavy atom. The van der Waals surface area contributed by atoms with Crippen molar-refractivity contribution >= 4 is 22.2 Å². The van der Waals surface area contributed by atoms with E-state index in [0.717, 1.165) is 29.7 Å². The van der Waals surface area contributed by atoms with Crippen molar-refractivity contribution in [2.45, 2.75) is 13.5 Å². The Labute approximate surface area is 128 Å². The van der Waals surface area contributed by atoms with E-state index in [0.29, 0.717) is 6.61 Å². The summed E-state index contributed by atoms with van der Waals surface area (Å²) >= 11 is 1.79. The van der Waals surface area contributed by atoms with Crippen molar-refractivity contribution in [3.63, 3.8) is 0 Å². The predicted molar refractivity (Wildman–Crippen MR) is 88.0 cm³/mol. The smallest absolute Gasteiger partial charge is 0.128 e. The molecular formula is C17H18N2OS. The number of aromatic nitrogens is 1. The highest BCUT2D eigenvalue weighted by Crippen LogP contribution is 2.23. The SMILES string of the molecule is Cc1ccsc1CNCCOc1cccc2ncccc12. The number of fused-ring (bicyclic) bond motifs is 1. The summed E-state index contributed by atoms with van der Waals surface area (Å²) in [7, 11) is 0. The van der Waals surface area contributed by atoms with Crippen LogP contribution in [0.4, 0.5) is 0 Å². The van der Waals surface area contributed by atoms with Crippen LogP contribution in [0.25, 0.3) is 10.9 Å². The Morgan fingerprint density at radius 1 is 1.19 bits per heavy atom. The predicted octanol–water partition coefficient (Wildman–Crippen LogP) is 3.77. The topological polar surface area (TPSA) is 34.1 Å². The third-order valence-electron chi connectivity index (χ3n) is 3.40. The lowest BCUT2D eigenvalue weighted by molar-refractivity contribution is 0.317. The second-order valence-electron chi connectivity index (χ2n) is 4.88. The van der Waals surface area contributed by atoms with Crippen LogP contribution in [-0.4, -0.2) is 18.1 Å². The summed E-state index contributed by atoms with van der Waals surface area (Å²) in [6.07, 6.45) is 1.80. The molecule has 3 nitrogen and oxygen atoms in total. The van der Waals surface area contributed by atoms with Crippen LogP contribution in [0.15, 0.2) is 48.0 Å². The molecule has 3 aromatic rings. The largest absolute Gasteiger partial charge is 0.492 e. The van der Waals surface area contributed by atoms with Gasteiger partial charge in [-0.2, -0.15) is 0 Å². The molecule has 2 heterocycles. The lowest BCUT2D eigenvalue weighted by atomic mass is 10.2. The lowest BCUT2D eigenvalue weighted by Gasteiger charge is -2.09. The second kappa shape index (κ2) is 6.70. The molecule has 0 spiro atoms. The zero-order chi connectivity index (χ0) is 14.5. The van der Waals surface area contributed by atoms with Gasteiger partial charge in [0, 0.05) is 29.5 Å². The summed E-state index contributed by atoms with van der Waals surface area (Å²) in [6, 6.07) is 12.1. The summed E-state index contributed by atoms with van der Waals surface area (Å²) in [4.78, 5) is 5.73. The molecule has 21 heavy (non-hydrogen) atoms. The molecule has 0 amide bonds. The minimum Gasteiger partial charge on any atom is -0.492 e. The number of hydrogen-bond donors (Lipinski definition) is 1. The Balaban J connectivity index is 1.52. The number of thiophene rings is 1. The maximum Gasteiger partial charge on any atom is 0.128 e. The highest BCUT2D eigenvalue weighted by atomic mass is 32.1. The van der Waals surface area contributed by atoms with Gasteiger partial charge in [0.25, 0.3) is 0 Å². The molecule has 0 saturated carbocycles. The molecule has 0 aliphatic heterocycles. The molecule has 0 aliphatic rings. The van der Waals surface area contributed by atoms with E-state index >= 15 is 0 Å². The van der Waals surface area contributed by atoms with Crippen LogP contribution in [-0.2, 0) is 6.54 Å². The van der Waals surface area contributed by atoms with Crippen molar-refractivity contribution in [3.8, 4) is 5.75 Å². The molecule has 108 valence electrons. The summed E-state index contributed by atoms with van der Waals surface area (Å²) in [6.45, 7) is 4.53. The maximum absolute atomic E-state index is 5.87. The molecule has 1 N–H and O–H groups in total. The van der Waals surface area contributed by atoms with Gasteiger partial charge in [-0.15, -0.1) is 11.3 Å². The number of ether oxygens (including phenoxy) is 1. The van der Waals surface area contributed by atoms with Gasteiger partial charge in [0.1, 0.15) is 12.4 Å². The van der Waals surface area contributed by atoms with Gasteiger partial charge in [0.05, 0.1) is 5.52 Å². The molecule has 0 unspecified atom stereocenters. The van der Waals surface area contributed by atoms with Gasteiger partial charge in [0.2, 0.25) is 0 Å². The molecule has 0 fully saturated rings. The number of nitrogens with zero attached hydrogens (tertiary/aromatic N) is 1. The Hall–Kier alpha value is -1.91. The van der Waals surface area contributed by atoms with Crippen molar-refractivity contribution in [2.75, 3.05) is 13.2 Å². The fourth-order valence-electron chi connectivity index (χ4n) is 2.22. The first-order chi connectivity index (χ1) is 10.3. The van der Waals surface area contributed by atoms with Crippen LogP contribution in [0.1, 0.15) is 10.4 Å². The van der Waals surface area contributed by atoms with Crippen LogP contribution in [0.5, 0.6) is 5.75 Å². The Bertz CT molecular complexity index is 718. The third-order valence-corrected chi connectivity index (χ3v) is 4.42. The monoisotopic (exact) mass is 298 g/mol. The average molecular weight is 298 g/mol. The van der Waals surface area contributed by atoms with Gasteiger partial charge < -0.3 is 10.1 Å². The van der Waals surface area contributed by atoms with Crippen molar-refractivity contribution < 1.29 is 4.74 Å². The van der Waals surface area contributed by atoms with Crippen molar-refractivity contribution in [1.82, 2.24) is 10.3 Å². The van der Waals surface area contributed by atoms with E-state index in [1.54, 1.807) is 17.5 Å². The quantitative estimate of drug-likeness (QED) is 0.703. The van der Waals surface area contributed by atoms with Gasteiger partial charge in [-0.05, 0) is 48.2 Å². The van der Waals surface area contributed by atoms with Gasteiger partial charge in [-0.25, -0.2) is 0 Å². The molecule has 0 atom stereocenters. The first-order valence-corrected chi connectivity index (χ1v) is 7.93. The highest BCUT2D eigenvalue weighted by Gasteiger charge is 2.02. The number of benzene rings is 1.